The van der Waals surface area contributed by atoms with Crippen LogP contribution in [0.2, 0.25) is 0 Å². The minimum absolute atomic E-state index is 0.0909. The fourth-order valence-corrected chi connectivity index (χ4v) is 1.46. The Bertz CT molecular complexity index is 471. The van der Waals surface area contributed by atoms with Gasteiger partial charge in [0.25, 0.3) is 5.91 Å². The summed E-state index contributed by atoms with van der Waals surface area (Å²) in [6, 6.07) is 6.57. The minimum atomic E-state index is -0.467. The number of ether oxygens (including phenoxy) is 1. The van der Waals surface area contributed by atoms with Crippen molar-refractivity contribution in [2.45, 2.75) is 0 Å². The zero-order valence-electron chi connectivity index (χ0n) is 10.2. The van der Waals surface area contributed by atoms with Crippen molar-refractivity contribution < 1.29 is 14.3 Å². The fraction of sp³-hybridized carbons (Fsp3) is 0.250. The van der Waals surface area contributed by atoms with E-state index in [0.29, 0.717) is 11.1 Å². The van der Waals surface area contributed by atoms with Crippen LogP contribution >= 0.6 is 12.2 Å². The van der Waals surface area contributed by atoms with Crippen LogP contribution in [0.4, 0.5) is 0 Å². The summed E-state index contributed by atoms with van der Waals surface area (Å²) >= 11 is 4.82. The first-order chi connectivity index (χ1) is 8.45. The van der Waals surface area contributed by atoms with Gasteiger partial charge in [0, 0.05) is 18.2 Å². The molecule has 18 heavy (non-hydrogen) atoms. The van der Waals surface area contributed by atoms with Crippen LogP contribution in [0, 0.1) is 0 Å². The molecule has 5 nitrogen and oxygen atoms in total. The van der Waals surface area contributed by atoms with Crippen molar-refractivity contribution in [3.63, 3.8) is 0 Å². The Hall–Kier alpha value is -1.95. The van der Waals surface area contributed by atoms with Crippen LogP contribution < -0.4 is 5.73 Å². The van der Waals surface area contributed by atoms with Gasteiger partial charge in [-0.1, -0.05) is 24.4 Å². The molecule has 1 aromatic rings. The molecule has 1 rings (SSSR count). The van der Waals surface area contributed by atoms with Gasteiger partial charge in [0.1, 0.15) is 11.5 Å². The third kappa shape index (κ3) is 3.53. The Labute approximate surface area is 111 Å². The van der Waals surface area contributed by atoms with Crippen LogP contribution in [0.3, 0.4) is 0 Å². The van der Waals surface area contributed by atoms with Gasteiger partial charge in [0.05, 0.1) is 7.11 Å². The van der Waals surface area contributed by atoms with Crippen molar-refractivity contribution in [1.29, 1.82) is 0 Å². The molecule has 0 aliphatic carbocycles. The van der Waals surface area contributed by atoms with Crippen LogP contribution in [0.5, 0.6) is 0 Å². The van der Waals surface area contributed by atoms with E-state index < -0.39 is 5.97 Å². The molecule has 1 aromatic carbocycles. The number of hydrogen-bond donors (Lipinski definition) is 1. The lowest BCUT2D eigenvalue weighted by Gasteiger charge is -2.15. The zero-order valence-corrected chi connectivity index (χ0v) is 11.0. The number of thiocarbonyl (C=S) groups is 1. The molecular weight excluding hydrogens is 252 g/mol. The van der Waals surface area contributed by atoms with Crippen molar-refractivity contribution in [2.24, 2.45) is 5.73 Å². The summed E-state index contributed by atoms with van der Waals surface area (Å²) in [7, 11) is 2.80. The van der Waals surface area contributed by atoms with Gasteiger partial charge in [-0.2, -0.15) is 0 Å². The average Bonchev–Trinajstić information content (AvgIpc) is 2.37. The van der Waals surface area contributed by atoms with Crippen molar-refractivity contribution in [1.82, 2.24) is 4.90 Å². The SMILES string of the molecule is COC(=O)CN(C)C(=O)c1ccc(C(N)=S)cc1. The molecule has 0 spiro atoms. The van der Waals surface area contributed by atoms with E-state index in [1.165, 1.54) is 19.1 Å². The molecule has 6 heteroatoms. The Balaban J connectivity index is 2.77. The van der Waals surface area contributed by atoms with Gasteiger partial charge in [-0.05, 0) is 12.1 Å². The smallest absolute Gasteiger partial charge is 0.325 e. The van der Waals surface area contributed by atoms with Crippen molar-refractivity contribution >= 4 is 29.1 Å². The van der Waals surface area contributed by atoms with Gasteiger partial charge >= 0.3 is 5.97 Å². The maximum Gasteiger partial charge on any atom is 0.325 e. The first kappa shape index (κ1) is 14.1. The fourth-order valence-electron chi connectivity index (χ4n) is 1.33. The highest BCUT2D eigenvalue weighted by atomic mass is 32.1. The number of benzene rings is 1. The molecule has 0 unspecified atom stereocenters. The number of methoxy groups -OCH3 is 1. The third-order valence-corrected chi connectivity index (χ3v) is 2.59. The third-order valence-electron chi connectivity index (χ3n) is 2.36. The van der Waals surface area contributed by atoms with Gasteiger partial charge in [-0.15, -0.1) is 0 Å². The predicted molar refractivity (Wildman–Crippen MR) is 71.3 cm³/mol. The highest BCUT2D eigenvalue weighted by Gasteiger charge is 2.15. The highest BCUT2D eigenvalue weighted by Crippen LogP contribution is 2.07. The number of nitrogens with zero attached hydrogens (tertiary/aromatic N) is 1. The van der Waals surface area contributed by atoms with E-state index in [1.807, 2.05) is 0 Å². The van der Waals surface area contributed by atoms with Crippen LogP contribution in [-0.2, 0) is 9.53 Å². The lowest BCUT2D eigenvalue weighted by atomic mass is 10.1. The molecular formula is C12H14N2O3S. The van der Waals surface area contributed by atoms with Crippen molar-refractivity contribution in [2.75, 3.05) is 20.7 Å². The maximum atomic E-state index is 11.9. The zero-order chi connectivity index (χ0) is 13.7. The maximum absolute atomic E-state index is 11.9. The molecule has 96 valence electrons. The van der Waals surface area contributed by atoms with E-state index in [9.17, 15) is 9.59 Å². The lowest BCUT2D eigenvalue weighted by Crippen LogP contribution is -2.32. The number of carbonyl (C=O) groups excluding carboxylic acids is 2. The monoisotopic (exact) mass is 266 g/mol. The number of nitrogens with two attached hydrogens (primary N) is 1. The molecule has 0 atom stereocenters. The topological polar surface area (TPSA) is 72.6 Å². The second-order valence-electron chi connectivity index (χ2n) is 3.68. The highest BCUT2D eigenvalue weighted by molar-refractivity contribution is 7.80. The van der Waals surface area contributed by atoms with Crippen molar-refractivity contribution in [3.8, 4) is 0 Å². The Kier molecular flexibility index (Phi) is 4.79. The van der Waals surface area contributed by atoms with Crippen LogP contribution in [-0.4, -0.2) is 42.5 Å². The Morgan fingerprint density at radius 2 is 1.78 bits per heavy atom. The molecule has 0 saturated carbocycles. The van der Waals surface area contributed by atoms with Gasteiger partial charge < -0.3 is 15.4 Å². The molecule has 0 aliphatic heterocycles. The molecule has 2 N–H and O–H groups in total. The number of esters is 1. The minimum Gasteiger partial charge on any atom is -0.468 e. The summed E-state index contributed by atoms with van der Waals surface area (Å²) in [5.74, 6) is -0.736. The van der Waals surface area contributed by atoms with E-state index in [-0.39, 0.29) is 17.4 Å². The summed E-state index contributed by atoms with van der Waals surface area (Å²) in [5, 5.41) is 0. The lowest BCUT2D eigenvalue weighted by molar-refractivity contribution is -0.141. The number of carbonyl (C=O) groups is 2. The van der Waals surface area contributed by atoms with Crippen LogP contribution in [0.15, 0.2) is 24.3 Å². The standard InChI is InChI=1S/C12H14N2O3S/c1-14(7-10(15)17-2)12(16)9-5-3-8(4-6-9)11(13)18/h3-6H,7H2,1-2H3,(H2,13,18). The largest absolute Gasteiger partial charge is 0.468 e. The number of rotatable bonds is 4. The summed E-state index contributed by atoms with van der Waals surface area (Å²) in [6.07, 6.45) is 0. The summed E-state index contributed by atoms with van der Waals surface area (Å²) in [4.78, 5) is 24.5. The van der Waals surface area contributed by atoms with Crippen molar-refractivity contribution in [3.05, 3.63) is 35.4 Å². The summed E-state index contributed by atoms with van der Waals surface area (Å²) in [5.41, 5.74) is 6.61. The number of likely N-dealkylation sites (N-methyl/N-ethyl adjacent to an activating group) is 1. The molecule has 0 heterocycles. The van der Waals surface area contributed by atoms with E-state index >= 15 is 0 Å². The van der Waals surface area contributed by atoms with E-state index in [0.717, 1.165) is 0 Å². The molecule has 0 fully saturated rings. The normalized spacial score (nSPS) is 9.67. The van der Waals surface area contributed by atoms with Crippen LogP contribution in [0.25, 0.3) is 0 Å². The Morgan fingerprint density at radius 1 is 1.28 bits per heavy atom. The van der Waals surface area contributed by atoms with Crippen LogP contribution in [0.1, 0.15) is 15.9 Å². The second kappa shape index (κ2) is 6.11. The first-order valence-electron chi connectivity index (χ1n) is 5.18. The Morgan fingerprint density at radius 3 is 2.22 bits per heavy atom. The molecule has 1 amide bonds. The molecule has 0 aliphatic rings. The van der Waals surface area contributed by atoms with Gasteiger partial charge in [-0.3, -0.25) is 9.59 Å². The predicted octanol–water partition coefficient (Wildman–Crippen LogP) is 0.566. The molecule has 0 aromatic heterocycles. The van der Waals surface area contributed by atoms with E-state index in [2.05, 4.69) is 4.74 Å². The molecule has 0 radical (unpaired) electrons. The van der Waals surface area contributed by atoms with Gasteiger partial charge in [0.2, 0.25) is 0 Å². The molecule has 0 bridgehead atoms. The van der Waals surface area contributed by atoms with E-state index in [1.54, 1.807) is 24.3 Å². The number of hydrogen-bond acceptors (Lipinski definition) is 4. The molecule has 0 saturated heterocycles. The average molecular weight is 266 g/mol. The second-order valence-corrected chi connectivity index (χ2v) is 4.12. The quantitative estimate of drug-likeness (QED) is 0.637. The summed E-state index contributed by atoms with van der Waals surface area (Å²) < 4.78 is 4.49. The van der Waals surface area contributed by atoms with E-state index in [4.69, 9.17) is 18.0 Å². The van der Waals surface area contributed by atoms with Gasteiger partial charge in [-0.25, -0.2) is 0 Å². The van der Waals surface area contributed by atoms with Gasteiger partial charge in [0.15, 0.2) is 0 Å². The number of amides is 1. The summed E-state index contributed by atoms with van der Waals surface area (Å²) in [6.45, 7) is -0.0909. The first-order valence-corrected chi connectivity index (χ1v) is 5.58.